The average molecular weight is 250 g/mol. The van der Waals surface area contributed by atoms with Gasteiger partial charge in [-0.05, 0) is 51.2 Å². The van der Waals surface area contributed by atoms with Gasteiger partial charge in [-0.3, -0.25) is 0 Å². The monoisotopic (exact) mass is 250 g/mol. The Morgan fingerprint density at radius 3 is 2.22 bits per heavy atom. The Morgan fingerprint density at radius 2 is 1.72 bits per heavy atom. The minimum absolute atomic E-state index is 0.181. The lowest BCUT2D eigenvalue weighted by Crippen LogP contribution is -2.35. The second-order valence-electron chi connectivity index (χ2n) is 7.53. The molecule has 0 saturated heterocycles. The minimum Gasteiger partial charge on any atom is -0.351 e. The molecule has 0 saturated carbocycles. The van der Waals surface area contributed by atoms with E-state index in [-0.39, 0.29) is 5.54 Å². The van der Waals surface area contributed by atoms with Gasteiger partial charge in [-0.15, -0.1) is 0 Å². The zero-order valence-corrected chi connectivity index (χ0v) is 13.2. The molecule has 0 atom stereocenters. The molecule has 1 aromatic heterocycles. The zero-order chi connectivity index (χ0) is 14.0. The van der Waals surface area contributed by atoms with Gasteiger partial charge in [0, 0.05) is 30.5 Å². The number of aryl methyl sites for hydroxylation is 1. The van der Waals surface area contributed by atoms with Gasteiger partial charge in [0.2, 0.25) is 0 Å². The Morgan fingerprint density at radius 1 is 1.11 bits per heavy atom. The highest BCUT2D eigenvalue weighted by Gasteiger charge is 2.13. The first-order valence-corrected chi connectivity index (χ1v) is 6.98. The molecule has 0 unspecified atom stereocenters. The van der Waals surface area contributed by atoms with Crippen molar-refractivity contribution in [2.75, 3.05) is 0 Å². The number of hydrogen-bond donors (Lipinski definition) is 1. The molecule has 1 aromatic rings. The summed E-state index contributed by atoms with van der Waals surface area (Å²) in [6, 6.07) is 2.25. The van der Waals surface area contributed by atoms with Gasteiger partial charge >= 0.3 is 0 Å². The predicted molar refractivity (Wildman–Crippen MR) is 79.8 cm³/mol. The van der Waals surface area contributed by atoms with E-state index in [1.807, 2.05) is 0 Å². The first-order chi connectivity index (χ1) is 8.08. The summed E-state index contributed by atoms with van der Waals surface area (Å²) in [4.78, 5) is 0. The molecule has 0 aliphatic carbocycles. The molecule has 2 heteroatoms. The van der Waals surface area contributed by atoms with Crippen LogP contribution in [-0.2, 0) is 13.1 Å². The van der Waals surface area contributed by atoms with E-state index in [4.69, 9.17) is 0 Å². The van der Waals surface area contributed by atoms with E-state index in [9.17, 15) is 0 Å². The van der Waals surface area contributed by atoms with Crippen LogP contribution < -0.4 is 5.32 Å². The fourth-order valence-corrected chi connectivity index (χ4v) is 1.84. The highest BCUT2D eigenvalue weighted by Crippen LogP contribution is 2.21. The number of hydrogen-bond acceptors (Lipinski definition) is 1. The SMILES string of the molecule is Cc1c(CNC(C)(C)C)ccn1CCC(C)(C)C. The van der Waals surface area contributed by atoms with Crippen molar-refractivity contribution in [3.05, 3.63) is 23.5 Å². The lowest BCUT2D eigenvalue weighted by molar-refractivity contribution is 0.349. The molecule has 104 valence electrons. The van der Waals surface area contributed by atoms with Crippen LogP contribution in [0.15, 0.2) is 12.3 Å². The summed E-state index contributed by atoms with van der Waals surface area (Å²) in [5.41, 5.74) is 3.40. The van der Waals surface area contributed by atoms with Crippen molar-refractivity contribution < 1.29 is 0 Å². The van der Waals surface area contributed by atoms with Gasteiger partial charge in [0.15, 0.2) is 0 Å². The van der Waals surface area contributed by atoms with Gasteiger partial charge in [-0.1, -0.05) is 20.8 Å². The molecule has 1 N–H and O–H groups in total. The number of nitrogens with zero attached hydrogens (tertiary/aromatic N) is 1. The topological polar surface area (TPSA) is 17.0 Å². The molecule has 18 heavy (non-hydrogen) atoms. The summed E-state index contributed by atoms with van der Waals surface area (Å²) in [7, 11) is 0. The molecule has 1 rings (SSSR count). The summed E-state index contributed by atoms with van der Waals surface area (Å²) in [5, 5.41) is 3.55. The Labute approximate surface area is 113 Å². The van der Waals surface area contributed by atoms with Crippen LogP contribution in [0.2, 0.25) is 0 Å². The Kier molecular flexibility index (Phi) is 4.66. The standard InChI is InChI=1S/C16H30N2/c1-13-14(12-17-16(5,6)7)8-10-18(13)11-9-15(2,3)4/h8,10,17H,9,11-12H2,1-7H3. The van der Waals surface area contributed by atoms with E-state index in [1.54, 1.807) is 0 Å². The van der Waals surface area contributed by atoms with Crippen molar-refractivity contribution in [3.63, 3.8) is 0 Å². The van der Waals surface area contributed by atoms with Crippen LogP contribution in [0.3, 0.4) is 0 Å². The van der Waals surface area contributed by atoms with Gasteiger partial charge in [0.05, 0.1) is 0 Å². The first-order valence-electron chi connectivity index (χ1n) is 6.98. The quantitative estimate of drug-likeness (QED) is 0.850. The first kappa shape index (κ1) is 15.3. The summed E-state index contributed by atoms with van der Waals surface area (Å²) < 4.78 is 2.38. The van der Waals surface area contributed by atoms with Crippen LogP contribution >= 0.6 is 0 Å². The highest BCUT2D eigenvalue weighted by atomic mass is 15.0. The smallest absolute Gasteiger partial charge is 0.0228 e. The van der Waals surface area contributed by atoms with Gasteiger partial charge in [-0.25, -0.2) is 0 Å². The van der Waals surface area contributed by atoms with Crippen LogP contribution in [0.1, 0.15) is 59.2 Å². The number of nitrogens with one attached hydrogen (secondary N) is 1. The van der Waals surface area contributed by atoms with Crippen LogP contribution in [0.25, 0.3) is 0 Å². The van der Waals surface area contributed by atoms with Crippen LogP contribution in [0, 0.1) is 12.3 Å². The Hall–Kier alpha value is -0.760. The third-order valence-corrected chi connectivity index (χ3v) is 3.26. The fourth-order valence-electron chi connectivity index (χ4n) is 1.84. The second-order valence-corrected chi connectivity index (χ2v) is 7.53. The van der Waals surface area contributed by atoms with Crippen molar-refractivity contribution in [1.29, 1.82) is 0 Å². The van der Waals surface area contributed by atoms with Crippen molar-refractivity contribution >= 4 is 0 Å². The molecule has 0 aliphatic heterocycles. The lowest BCUT2D eigenvalue weighted by atomic mass is 9.92. The van der Waals surface area contributed by atoms with Gasteiger partial charge in [-0.2, -0.15) is 0 Å². The van der Waals surface area contributed by atoms with Gasteiger partial charge in [0.1, 0.15) is 0 Å². The molecule has 0 aromatic carbocycles. The van der Waals surface area contributed by atoms with Gasteiger partial charge in [0.25, 0.3) is 0 Å². The summed E-state index contributed by atoms with van der Waals surface area (Å²) >= 11 is 0. The third-order valence-electron chi connectivity index (χ3n) is 3.26. The fraction of sp³-hybridized carbons (Fsp3) is 0.750. The molecule has 0 aliphatic rings. The van der Waals surface area contributed by atoms with Crippen LogP contribution in [-0.4, -0.2) is 10.1 Å². The van der Waals surface area contributed by atoms with Gasteiger partial charge < -0.3 is 9.88 Å². The maximum atomic E-state index is 3.55. The molecule has 0 amide bonds. The largest absolute Gasteiger partial charge is 0.351 e. The van der Waals surface area contributed by atoms with E-state index in [2.05, 4.69) is 70.6 Å². The summed E-state index contributed by atoms with van der Waals surface area (Å²) in [6.45, 7) is 17.8. The molecule has 0 spiro atoms. The molecular formula is C16H30N2. The van der Waals surface area contributed by atoms with Crippen molar-refractivity contribution in [2.45, 2.75) is 73.5 Å². The average Bonchev–Trinajstić information content (AvgIpc) is 2.51. The molecule has 2 nitrogen and oxygen atoms in total. The third kappa shape index (κ3) is 5.26. The van der Waals surface area contributed by atoms with Crippen molar-refractivity contribution in [1.82, 2.24) is 9.88 Å². The molecule has 0 radical (unpaired) electrons. The molecular weight excluding hydrogens is 220 g/mol. The van der Waals surface area contributed by atoms with E-state index in [1.165, 1.54) is 17.7 Å². The molecule has 0 bridgehead atoms. The molecule has 0 fully saturated rings. The van der Waals surface area contributed by atoms with Crippen molar-refractivity contribution in [2.24, 2.45) is 5.41 Å². The zero-order valence-electron chi connectivity index (χ0n) is 13.2. The normalized spacial score (nSPS) is 13.1. The van der Waals surface area contributed by atoms with E-state index >= 15 is 0 Å². The van der Waals surface area contributed by atoms with E-state index in [0.717, 1.165) is 13.1 Å². The number of rotatable bonds is 4. The van der Waals surface area contributed by atoms with Crippen molar-refractivity contribution in [3.8, 4) is 0 Å². The van der Waals surface area contributed by atoms with E-state index in [0.29, 0.717) is 5.41 Å². The lowest BCUT2D eigenvalue weighted by Gasteiger charge is -2.21. The minimum atomic E-state index is 0.181. The Balaban J connectivity index is 2.61. The maximum absolute atomic E-state index is 3.55. The van der Waals surface area contributed by atoms with E-state index < -0.39 is 0 Å². The second kappa shape index (κ2) is 5.48. The molecule has 1 heterocycles. The number of aromatic nitrogens is 1. The Bertz CT molecular complexity index is 339. The predicted octanol–water partition coefficient (Wildman–Crippen LogP) is 4.12. The van der Waals surface area contributed by atoms with Crippen LogP contribution in [0.4, 0.5) is 0 Å². The highest BCUT2D eigenvalue weighted by molar-refractivity contribution is 5.21. The van der Waals surface area contributed by atoms with Crippen LogP contribution in [0.5, 0.6) is 0 Å². The maximum Gasteiger partial charge on any atom is 0.0228 e. The summed E-state index contributed by atoms with van der Waals surface area (Å²) in [5.74, 6) is 0. The summed E-state index contributed by atoms with van der Waals surface area (Å²) in [6.07, 6.45) is 3.44.